The normalized spacial score (nSPS) is 51.1. The summed E-state index contributed by atoms with van der Waals surface area (Å²) < 4.78 is 5.58. The molecule has 3 atom stereocenters. The summed E-state index contributed by atoms with van der Waals surface area (Å²) in [6, 6.07) is 0. The van der Waals surface area contributed by atoms with E-state index >= 15 is 0 Å². The van der Waals surface area contributed by atoms with Crippen LogP contribution in [0.4, 0.5) is 0 Å². The minimum Gasteiger partial charge on any atom is -0.357 e. The third-order valence-electron chi connectivity index (χ3n) is 4.36. The summed E-state index contributed by atoms with van der Waals surface area (Å²) >= 11 is 0. The molecule has 3 rings (SSSR count). The number of ether oxygens (including phenoxy) is 1. The minimum atomic E-state index is -0.377. The van der Waals surface area contributed by atoms with Crippen LogP contribution in [0.15, 0.2) is 0 Å². The van der Waals surface area contributed by atoms with Crippen molar-refractivity contribution < 1.29 is 14.3 Å². The third kappa shape index (κ3) is 0.738. The van der Waals surface area contributed by atoms with E-state index in [1.54, 1.807) is 0 Å². The van der Waals surface area contributed by atoms with Crippen LogP contribution in [-0.4, -0.2) is 23.3 Å². The SMILES string of the molecule is C[C@]12CCC(=O)C3OC31CCCC2=O. The topological polar surface area (TPSA) is 46.7 Å². The van der Waals surface area contributed by atoms with Gasteiger partial charge in [-0.3, -0.25) is 9.59 Å². The smallest absolute Gasteiger partial charge is 0.164 e. The first-order chi connectivity index (χ1) is 6.60. The van der Waals surface area contributed by atoms with Gasteiger partial charge in [-0.05, 0) is 26.2 Å². The second-order valence-corrected chi connectivity index (χ2v) is 4.96. The van der Waals surface area contributed by atoms with Gasteiger partial charge < -0.3 is 4.74 Å². The Morgan fingerprint density at radius 3 is 2.86 bits per heavy atom. The highest BCUT2D eigenvalue weighted by atomic mass is 16.6. The molecule has 1 aliphatic heterocycles. The molecule has 0 aromatic rings. The summed E-state index contributed by atoms with van der Waals surface area (Å²) in [5.74, 6) is 0.510. The van der Waals surface area contributed by atoms with Gasteiger partial charge in [-0.25, -0.2) is 0 Å². The first kappa shape index (κ1) is 8.60. The van der Waals surface area contributed by atoms with E-state index in [9.17, 15) is 9.59 Å². The average molecular weight is 194 g/mol. The molecule has 3 nitrogen and oxygen atoms in total. The molecule has 76 valence electrons. The first-order valence-electron chi connectivity index (χ1n) is 5.34. The van der Waals surface area contributed by atoms with Crippen molar-refractivity contribution in [1.29, 1.82) is 0 Å². The first-order valence-corrected chi connectivity index (χ1v) is 5.34. The molecule has 0 radical (unpaired) electrons. The molecule has 0 amide bonds. The minimum absolute atomic E-state index is 0.206. The molecular weight excluding hydrogens is 180 g/mol. The molecule has 0 N–H and O–H groups in total. The van der Waals surface area contributed by atoms with Crippen LogP contribution in [-0.2, 0) is 14.3 Å². The van der Waals surface area contributed by atoms with Gasteiger partial charge in [0.05, 0.1) is 5.41 Å². The van der Waals surface area contributed by atoms with Crippen molar-refractivity contribution in [2.45, 2.75) is 50.7 Å². The highest BCUT2D eigenvalue weighted by molar-refractivity contribution is 5.96. The second-order valence-electron chi connectivity index (χ2n) is 4.96. The van der Waals surface area contributed by atoms with Crippen molar-refractivity contribution >= 4 is 11.6 Å². The maximum Gasteiger partial charge on any atom is 0.164 e. The molecule has 1 spiro atoms. The van der Waals surface area contributed by atoms with Crippen molar-refractivity contribution in [2.24, 2.45) is 5.41 Å². The number of Topliss-reactive ketones (excluding diaryl/α,β-unsaturated/α-hetero) is 2. The van der Waals surface area contributed by atoms with Crippen molar-refractivity contribution in [3.8, 4) is 0 Å². The number of carbonyl (C=O) groups excluding carboxylic acids is 2. The van der Waals surface area contributed by atoms with Crippen LogP contribution in [0.5, 0.6) is 0 Å². The van der Waals surface area contributed by atoms with Crippen LogP contribution < -0.4 is 0 Å². The van der Waals surface area contributed by atoms with Gasteiger partial charge in [0.1, 0.15) is 17.5 Å². The summed E-state index contributed by atoms with van der Waals surface area (Å²) in [4.78, 5) is 23.4. The predicted molar refractivity (Wildman–Crippen MR) is 48.8 cm³/mol. The number of epoxide rings is 1. The monoisotopic (exact) mass is 194 g/mol. The molecule has 1 saturated heterocycles. The van der Waals surface area contributed by atoms with Crippen molar-refractivity contribution in [1.82, 2.24) is 0 Å². The molecule has 3 heteroatoms. The summed E-state index contributed by atoms with van der Waals surface area (Å²) in [6.07, 6.45) is 3.42. The van der Waals surface area contributed by atoms with E-state index in [1.807, 2.05) is 6.92 Å². The lowest BCUT2D eigenvalue weighted by molar-refractivity contribution is -0.137. The fraction of sp³-hybridized carbons (Fsp3) is 0.818. The highest BCUT2D eigenvalue weighted by Gasteiger charge is 2.74. The molecular formula is C11H14O3. The Labute approximate surface area is 82.8 Å². The number of carbonyl (C=O) groups is 2. The van der Waals surface area contributed by atoms with Gasteiger partial charge in [0.2, 0.25) is 0 Å². The zero-order chi connectivity index (χ0) is 9.97. The second kappa shape index (κ2) is 2.27. The standard InChI is InChI=1S/C11H14O3/c1-10-6-4-7(12)9-11(10,14-9)5-2-3-8(10)13/h9H,2-6H2,1H3/t9?,10-,11?/m1/s1. The Morgan fingerprint density at radius 1 is 1.29 bits per heavy atom. The maximum atomic E-state index is 11.9. The fourth-order valence-electron chi connectivity index (χ4n) is 3.27. The van der Waals surface area contributed by atoms with Crippen LogP contribution in [0.25, 0.3) is 0 Å². The third-order valence-corrected chi connectivity index (χ3v) is 4.36. The van der Waals surface area contributed by atoms with Crippen molar-refractivity contribution in [3.63, 3.8) is 0 Å². The quantitative estimate of drug-likeness (QED) is 0.545. The number of hydrogen-bond acceptors (Lipinski definition) is 3. The zero-order valence-electron chi connectivity index (χ0n) is 8.34. The van der Waals surface area contributed by atoms with Gasteiger partial charge in [0.15, 0.2) is 5.78 Å². The van der Waals surface area contributed by atoms with Crippen LogP contribution in [0.1, 0.15) is 39.0 Å². The van der Waals surface area contributed by atoms with Crippen LogP contribution in [0.2, 0.25) is 0 Å². The fourth-order valence-corrected chi connectivity index (χ4v) is 3.27. The van der Waals surface area contributed by atoms with E-state index in [2.05, 4.69) is 0 Å². The van der Waals surface area contributed by atoms with Gasteiger partial charge in [-0.1, -0.05) is 0 Å². The molecule has 3 aliphatic rings. The number of ketones is 2. The molecule has 2 unspecified atom stereocenters. The molecule has 0 aromatic carbocycles. The van der Waals surface area contributed by atoms with Gasteiger partial charge in [0.25, 0.3) is 0 Å². The van der Waals surface area contributed by atoms with Gasteiger partial charge in [-0.2, -0.15) is 0 Å². The lowest BCUT2D eigenvalue weighted by atomic mass is 9.59. The Hall–Kier alpha value is -0.700. The predicted octanol–water partition coefficient (Wildman–Crippen LogP) is 1.25. The molecule has 0 aromatic heterocycles. The molecule has 2 aliphatic carbocycles. The van der Waals surface area contributed by atoms with Gasteiger partial charge >= 0.3 is 0 Å². The highest BCUT2D eigenvalue weighted by Crippen LogP contribution is 2.62. The summed E-state index contributed by atoms with van der Waals surface area (Å²) in [5.41, 5.74) is -0.735. The largest absolute Gasteiger partial charge is 0.357 e. The summed E-state index contributed by atoms with van der Waals surface area (Å²) in [6.45, 7) is 1.99. The zero-order valence-corrected chi connectivity index (χ0v) is 8.34. The van der Waals surface area contributed by atoms with Crippen molar-refractivity contribution in [3.05, 3.63) is 0 Å². The van der Waals surface area contributed by atoms with E-state index in [4.69, 9.17) is 4.74 Å². The number of rotatable bonds is 0. The van der Waals surface area contributed by atoms with E-state index in [0.717, 1.165) is 12.8 Å². The van der Waals surface area contributed by atoms with Gasteiger partial charge in [-0.15, -0.1) is 0 Å². The molecule has 2 saturated carbocycles. The van der Waals surface area contributed by atoms with Crippen LogP contribution in [0, 0.1) is 5.41 Å². The molecule has 3 fully saturated rings. The van der Waals surface area contributed by atoms with Crippen LogP contribution in [0.3, 0.4) is 0 Å². The van der Waals surface area contributed by atoms with Gasteiger partial charge in [0, 0.05) is 12.8 Å². The van der Waals surface area contributed by atoms with E-state index in [0.29, 0.717) is 25.0 Å². The van der Waals surface area contributed by atoms with E-state index < -0.39 is 0 Å². The average Bonchev–Trinajstić information content (AvgIpc) is 2.87. The molecule has 14 heavy (non-hydrogen) atoms. The lowest BCUT2D eigenvalue weighted by Crippen LogP contribution is -2.51. The Balaban J connectivity index is 2.03. The van der Waals surface area contributed by atoms with Crippen LogP contribution >= 0.6 is 0 Å². The Morgan fingerprint density at radius 2 is 2.07 bits per heavy atom. The molecule has 0 bridgehead atoms. The molecule has 1 heterocycles. The Kier molecular flexibility index (Phi) is 1.39. The summed E-state index contributed by atoms with van der Waals surface area (Å²) in [7, 11) is 0. The maximum absolute atomic E-state index is 11.9. The van der Waals surface area contributed by atoms with E-state index in [1.165, 1.54) is 0 Å². The number of hydrogen-bond donors (Lipinski definition) is 0. The lowest BCUT2D eigenvalue weighted by Gasteiger charge is -2.40. The van der Waals surface area contributed by atoms with Crippen molar-refractivity contribution in [2.75, 3.05) is 0 Å². The van der Waals surface area contributed by atoms with E-state index in [-0.39, 0.29) is 22.9 Å². The summed E-state index contributed by atoms with van der Waals surface area (Å²) in [5, 5.41) is 0. The Bertz CT molecular complexity index is 335.